The molecule has 1 fully saturated rings. The van der Waals surface area contributed by atoms with Crippen LogP contribution in [0.3, 0.4) is 0 Å². The van der Waals surface area contributed by atoms with Gasteiger partial charge in [0.2, 0.25) is 5.88 Å². The highest BCUT2D eigenvalue weighted by Gasteiger charge is 2.18. The van der Waals surface area contributed by atoms with Crippen LogP contribution < -0.4 is 10.1 Å². The van der Waals surface area contributed by atoms with Crippen LogP contribution in [0.25, 0.3) is 0 Å². The van der Waals surface area contributed by atoms with Gasteiger partial charge in [-0.3, -0.25) is 4.79 Å². The SMILES string of the molecule is CCc1ccc(NC(=O)c2ccnc(OC3CCOC3)c2)cc1. The van der Waals surface area contributed by atoms with E-state index in [1.54, 1.807) is 18.3 Å². The predicted molar refractivity (Wildman–Crippen MR) is 87.9 cm³/mol. The zero-order valence-corrected chi connectivity index (χ0v) is 13.1. The second-order valence-electron chi connectivity index (χ2n) is 5.49. The summed E-state index contributed by atoms with van der Waals surface area (Å²) in [6.45, 7) is 3.38. The van der Waals surface area contributed by atoms with Gasteiger partial charge in [-0.25, -0.2) is 4.98 Å². The number of pyridine rings is 1. The molecule has 1 aliphatic rings. The van der Waals surface area contributed by atoms with Gasteiger partial charge in [0.1, 0.15) is 6.10 Å². The number of nitrogens with one attached hydrogen (secondary N) is 1. The van der Waals surface area contributed by atoms with E-state index in [2.05, 4.69) is 17.2 Å². The molecule has 1 amide bonds. The fraction of sp³-hybridized carbons (Fsp3) is 0.333. The average Bonchev–Trinajstić information content (AvgIpc) is 3.09. The second-order valence-corrected chi connectivity index (χ2v) is 5.49. The summed E-state index contributed by atoms with van der Waals surface area (Å²) in [7, 11) is 0. The van der Waals surface area contributed by atoms with E-state index in [0.29, 0.717) is 24.7 Å². The molecule has 1 unspecified atom stereocenters. The Kier molecular flexibility index (Phi) is 4.88. The number of amides is 1. The van der Waals surface area contributed by atoms with Gasteiger partial charge in [0.25, 0.3) is 5.91 Å². The Balaban J connectivity index is 1.66. The molecule has 2 heterocycles. The van der Waals surface area contributed by atoms with E-state index in [1.807, 2.05) is 24.3 Å². The van der Waals surface area contributed by atoms with Gasteiger partial charge in [-0.05, 0) is 30.2 Å². The zero-order chi connectivity index (χ0) is 16.1. The van der Waals surface area contributed by atoms with Crippen molar-refractivity contribution in [1.82, 2.24) is 4.98 Å². The van der Waals surface area contributed by atoms with Gasteiger partial charge in [-0.15, -0.1) is 0 Å². The molecule has 0 aliphatic carbocycles. The number of hydrogen-bond donors (Lipinski definition) is 1. The molecule has 1 aromatic heterocycles. The van der Waals surface area contributed by atoms with E-state index >= 15 is 0 Å². The van der Waals surface area contributed by atoms with E-state index in [-0.39, 0.29) is 12.0 Å². The number of carbonyl (C=O) groups excluding carboxylic acids is 1. The smallest absolute Gasteiger partial charge is 0.255 e. The third kappa shape index (κ3) is 4.07. The molecule has 2 aromatic rings. The first-order valence-corrected chi connectivity index (χ1v) is 7.85. The molecule has 0 radical (unpaired) electrons. The number of aromatic nitrogens is 1. The third-order valence-electron chi connectivity index (χ3n) is 3.79. The van der Waals surface area contributed by atoms with Crippen LogP contribution in [0.2, 0.25) is 0 Å². The molecule has 120 valence electrons. The number of carbonyl (C=O) groups is 1. The number of nitrogens with zero attached hydrogens (tertiary/aromatic N) is 1. The van der Waals surface area contributed by atoms with Crippen LogP contribution in [0.5, 0.6) is 5.88 Å². The zero-order valence-electron chi connectivity index (χ0n) is 13.1. The molecule has 1 aromatic carbocycles. The maximum atomic E-state index is 12.3. The van der Waals surface area contributed by atoms with Crippen LogP contribution in [0, 0.1) is 0 Å². The normalized spacial score (nSPS) is 17.0. The highest BCUT2D eigenvalue weighted by molar-refractivity contribution is 6.04. The molecule has 1 saturated heterocycles. The molecule has 5 heteroatoms. The van der Waals surface area contributed by atoms with E-state index < -0.39 is 0 Å². The van der Waals surface area contributed by atoms with Crippen molar-refractivity contribution >= 4 is 11.6 Å². The van der Waals surface area contributed by atoms with Gasteiger partial charge in [-0.1, -0.05) is 19.1 Å². The Morgan fingerprint density at radius 2 is 2.17 bits per heavy atom. The Labute approximate surface area is 135 Å². The fourth-order valence-electron chi connectivity index (χ4n) is 2.42. The lowest BCUT2D eigenvalue weighted by molar-refractivity contribution is 0.102. The minimum absolute atomic E-state index is 0.0161. The van der Waals surface area contributed by atoms with Gasteiger partial charge in [-0.2, -0.15) is 0 Å². The van der Waals surface area contributed by atoms with Gasteiger partial charge >= 0.3 is 0 Å². The second kappa shape index (κ2) is 7.24. The molecule has 1 aliphatic heterocycles. The van der Waals surface area contributed by atoms with Crippen molar-refractivity contribution in [3.8, 4) is 5.88 Å². The van der Waals surface area contributed by atoms with Crippen LogP contribution in [-0.2, 0) is 11.2 Å². The van der Waals surface area contributed by atoms with Crippen molar-refractivity contribution in [3.05, 3.63) is 53.7 Å². The lowest BCUT2D eigenvalue weighted by atomic mass is 10.1. The average molecular weight is 312 g/mol. The maximum absolute atomic E-state index is 12.3. The molecule has 0 bridgehead atoms. The molecule has 3 rings (SSSR count). The van der Waals surface area contributed by atoms with Gasteiger partial charge in [0.05, 0.1) is 13.2 Å². The number of aryl methyl sites for hydroxylation is 1. The highest BCUT2D eigenvalue weighted by Crippen LogP contribution is 2.17. The highest BCUT2D eigenvalue weighted by atomic mass is 16.5. The van der Waals surface area contributed by atoms with Crippen LogP contribution >= 0.6 is 0 Å². The summed E-state index contributed by atoms with van der Waals surface area (Å²) in [5.74, 6) is 0.277. The summed E-state index contributed by atoms with van der Waals surface area (Å²) in [4.78, 5) is 16.5. The van der Waals surface area contributed by atoms with E-state index in [9.17, 15) is 4.79 Å². The minimum atomic E-state index is -0.177. The molecule has 5 nitrogen and oxygen atoms in total. The van der Waals surface area contributed by atoms with Crippen molar-refractivity contribution < 1.29 is 14.3 Å². The molecule has 0 spiro atoms. The van der Waals surface area contributed by atoms with E-state index in [0.717, 1.165) is 18.5 Å². The summed E-state index contributed by atoms with van der Waals surface area (Å²) in [5.41, 5.74) is 2.53. The van der Waals surface area contributed by atoms with Crippen molar-refractivity contribution in [2.75, 3.05) is 18.5 Å². The quantitative estimate of drug-likeness (QED) is 0.922. The Bertz CT molecular complexity index is 664. The molecular weight excluding hydrogens is 292 g/mol. The molecular formula is C18H20N2O3. The maximum Gasteiger partial charge on any atom is 0.255 e. The first-order chi connectivity index (χ1) is 11.2. The first-order valence-electron chi connectivity index (χ1n) is 7.85. The van der Waals surface area contributed by atoms with Crippen molar-refractivity contribution in [2.45, 2.75) is 25.9 Å². The molecule has 23 heavy (non-hydrogen) atoms. The number of hydrogen-bond acceptors (Lipinski definition) is 4. The topological polar surface area (TPSA) is 60.5 Å². The lowest BCUT2D eigenvalue weighted by Gasteiger charge is -2.11. The van der Waals surface area contributed by atoms with Crippen LogP contribution in [-0.4, -0.2) is 30.2 Å². The van der Waals surface area contributed by atoms with Crippen LogP contribution in [0.4, 0.5) is 5.69 Å². The van der Waals surface area contributed by atoms with Gasteiger partial charge in [0.15, 0.2) is 0 Å². The summed E-state index contributed by atoms with van der Waals surface area (Å²) in [6, 6.07) is 11.2. The lowest BCUT2D eigenvalue weighted by Crippen LogP contribution is -2.17. The Morgan fingerprint density at radius 1 is 1.35 bits per heavy atom. The predicted octanol–water partition coefficient (Wildman–Crippen LogP) is 3.06. The largest absolute Gasteiger partial charge is 0.472 e. The molecule has 0 saturated carbocycles. The van der Waals surface area contributed by atoms with Gasteiger partial charge < -0.3 is 14.8 Å². The first kappa shape index (κ1) is 15.5. The van der Waals surface area contributed by atoms with Crippen molar-refractivity contribution in [1.29, 1.82) is 0 Å². The summed E-state index contributed by atoms with van der Waals surface area (Å²) < 4.78 is 11.0. The third-order valence-corrected chi connectivity index (χ3v) is 3.79. The fourth-order valence-corrected chi connectivity index (χ4v) is 2.42. The Morgan fingerprint density at radius 3 is 2.87 bits per heavy atom. The molecule has 1 N–H and O–H groups in total. The van der Waals surface area contributed by atoms with Crippen LogP contribution in [0.15, 0.2) is 42.6 Å². The van der Waals surface area contributed by atoms with Crippen molar-refractivity contribution in [2.24, 2.45) is 0 Å². The number of anilines is 1. The van der Waals surface area contributed by atoms with Gasteiger partial charge in [0, 0.05) is 29.9 Å². The monoisotopic (exact) mass is 312 g/mol. The number of benzene rings is 1. The number of rotatable bonds is 5. The number of ether oxygens (including phenoxy) is 2. The minimum Gasteiger partial charge on any atom is -0.472 e. The summed E-state index contributed by atoms with van der Waals surface area (Å²) in [6.07, 6.45) is 3.43. The Hall–Kier alpha value is -2.40. The standard InChI is InChI=1S/C18H20N2O3/c1-2-13-3-5-15(6-4-13)20-18(21)14-7-9-19-17(11-14)23-16-8-10-22-12-16/h3-7,9,11,16H,2,8,10,12H2,1H3,(H,20,21). The van der Waals surface area contributed by atoms with Crippen LogP contribution in [0.1, 0.15) is 29.3 Å². The van der Waals surface area contributed by atoms with E-state index in [1.165, 1.54) is 5.56 Å². The van der Waals surface area contributed by atoms with Crippen molar-refractivity contribution in [3.63, 3.8) is 0 Å². The van der Waals surface area contributed by atoms with E-state index in [4.69, 9.17) is 9.47 Å². The molecule has 1 atom stereocenters. The summed E-state index contributed by atoms with van der Waals surface area (Å²) in [5, 5.41) is 2.88. The summed E-state index contributed by atoms with van der Waals surface area (Å²) >= 11 is 0.